The van der Waals surface area contributed by atoms with Gasteiger partial charge in [-0.2, -0.15) is 0 Å². The summed E-state index contributed by atoms with van der Waals surface area (Å²) >= 11 is 0. The molecule has 0 aromatic heterocycles. The average molecular weight is 285 g/mol. The zero-order valence-corrected chi connectivity index (χ0v) is 10.4. The summed E-state index contributed by atoms with van der Waals surface area (Å²) in [5, 5.41) is 11.6. The van der Waals surface area contributed by atoms with Crippen molar-refractivity contribution < 1.29 is 28.2 Å². The van der Waals surface area contributed by atoms with Crippen LogP contribution in [0.3, 0.4) is 0 Å². The number of nitrogens with one attached hydrogen (secondary N) is 1. The van der Waals surface area contributed by atoms with Crippen molar-refractivity contribution in [2.24, 2.45) is 0 Å². The first-order chi connectivity index (χ1) is 9.44. The molecule has 1 amide bonds. The first kappa shape index (κ1) is 14.4. The van der Waals surface area contributed by atoms with Crippen LogP contribution in [0.2, 0.25) is 0 Å². The molecule has 7 heteroatoms. The number of benzene rings is 1. The Kier molecular flexibility index (Phi) is 3.99. The zero-order valence-electron chi connectivity index (χ0n) is 10.4. The van der Waals surface area contributed by atoms with Crippen molar-refractivity contribution in [1.29, 1.82) is 0 Å². The normalized spacial score (nSPS) is 21.9. The molecule has 1 unspecified atom stereocenters. The van der Waals surface area contributed by atoms with E-state index in [4.69, 9.17) is 4.74 Å². The molecule has 0 aliphatic carbocycles. The van der Waals surface area contributed by atoms with Gasteiger partial charge in [0.2, 0.25) is 0 Å². The number of carboxylic acids is 1. The van der Waals surface area contributed by atoms with Crippen molar-refractivity contribution in [2.75, 3.05) is 13.2 Å². The van der Waals surface area contributed by atoms with Crippen LogP contribution in [0.25, 0.3) is 0 Å². The maximum atomic E-state index is 12.6. The van der Waals surface area contributed by atoms with E-state index in [2.05, 4.69) is 5.32 Å². The van der Waals surface area contributed by atoms with Crippen LogP contribution in [0.1, 0.15) is 28.8 Å². The van der Waals surface area contributed by atoms with Gasteiger partial charge in [0.1, 0.15) is 0 Å². The Morgan fingerprint density at radius 1 is 1.40 bits per heavy atom. The molecule has 2 N–H and O–H groups in total. The maximum Gasteiger partial charge on any atom is 0.331 e. The van der Waals surface area contributed by atoms with Crippen molar-refractivity contribution in [1.82, 2.24) is 5.32 Å². The van der Waals surface area contributed by atoms with E-state index in [1.165, 1.54) is 18.2 Å². The lowest BCUT2D eigenvalue weighted by Gasteiger charge is -2.23. The molecular formula is C13H13F2NO4. The van der Waals surface area contributed by atoms with E-state index >= 15 is 0 Å². The Bertz CT molecular complexity index is 527. The molecular weight excluding hydrogens is 272 g/mol. The highest BCUT2D eigenvalue weighted by Gasteiger charge is 2.44. The molecule has 0 radical (unpaired) electrons. The van der Waals surface area contributed by atoms with Crippen molar-refractivity contribution in [3.63, 3.8) is 0 Å². The van der Waals surface area contributed by atoms with Gasteiger partial charge in [0, 0.05) is 24.2 Å². The molecule has 5 nitrogen and oxygen atoms in total. The quantitative estimate of drug-likeness (QED) is 0.881. The summed E-state index contributed by atoms with van der Waals surface area (Å²) in [6.07, 6.45) is -2.55. The second kappa shape index (κ2) is 5.54. The van der Waals surface area contributed by atoms with Gasteiger partial charge in [0.25, 0.3) is 12.3 Å². The third kappa shape index (κ3) is 2.77. The lowest BCUT2D eigenvalue weighted by molar-refractivity contribution is -0.144. The van der Waals surface area contributed by atoms with Crippen LogP contribution in [0.4, 0.5) is 8.78 Å². The summed E-state index contributed by atoms with van der Waals surface area (Å²) in [6, 6.07) is 4.93. The van der Waals surface area contributed by atoms with Crippen LogP contribution >= 0.6 is 0 Å². The number of ether oxygens (including phenoxy) is 1. The minimum Gasteiger partial charge on any atom is -0.479 e. The van der Waals surface area contributed by atoms with E-state index in [-0.39, 0.29) is 30.8 Å². The predicted molar refractivity (Wildman–Crippen MR) is 64.7 cm³/mol. The summed E-state index contributed by atoms with van der Waals surface area (Å²) in [5.74, 6) is -1.91. The molecule has 1 fully saturated rings. The fourth-order valence-electron chi connectivity index (χ4n) is 1.99. The Morgan fingerprint density at radius 3 is 2.70 bits per heavy atom. The van der Waals surface area contributed by atoms with Crippen molar-refractivity contribution in [2.45, 2.75) is 18.4 Å². The van der Waals surface area contributed by atoms with Crippen LogP contribution in [0.15, 0.2) is 24.3 Å². The Hall–Kier alpha value is -2.02. The Balaban J connectivity index is 2.19. The van der Waals surface area contributed by atoms with Crippen LogP contribution < -0.4 is 5.32 Å². The second-order valence-electron chi connectivity index (χ2n) is 4.57. The number of aliphatic carboxylic acids is 1. The van der Waals surface area contributed by atoms with E-state index in [0.29, 0.717) is 0 Å². The van der Waals surface area contributed by atoms with Crippen molar-refractivity contribution >= 4 is 11.9 Å². The van der Waals surface area contributed by atoms with Gasteiger partial charge in [0.05, 0.1) is 6.61 Å². The molecule has 20 heavy (non-hydrogen) atoms. The highest BCUT2D eigenvalue weighted by molar-refractivity contribution is 5.98. The zero-order chi connectivity index (χ0) is 14.8. The Labute approximate surface area is 113 Å². The fraction of sp³-hybridized carbons (Fsp3) is 0.385. The number of rotatable bonds is 4. The lowest BCUT2D eigenvalue weighted by Crippen LogP contribution is -2.55. The molecule has 1 saturated heterocycles. The molecule has 1 atom stereocenters. The number of halogens is 2. The van der Waals surface area contributed by atoms with E-state index in [1.807, 2.05) is 0 Å². The molecule has 2 rings (SSSR count). The van der Waals surface area contributed by atoms with Gasteiger partial charge in [-0.15, -0.1) is 0 Å². The van der Waals surface area contributed by atoms with Gasteiger partial charge < -0.3 is 15.2 Å². The first-order valence-electron chi connectivity index (χ1n) is 5.96. The summed E-state index contributed by atoms with van der Waals surface area (Å²) in [4.78, 5) is 23.3. The Morgan fingerprint density at radius 2 is 2.15 bits per heavy atom. The minimum absolute atomic E-state index is 0.00433. The van der Waals surface area contributed by atoms with Gasteiger partial charge in [0.15, 0.2) is 5.54 Å². The number of carbonyl (C=O) groups is 2. The van der Waals surface area contributed by atoms with Gasteiger partial charge in [-0.25, -0.2) is 13.6 Å². The minimum atomic E-state index is -2.69. The molecule has 108 valence electrons. The number of amides is 1. The number of carboxylic acid groups (broad SMARTS) is 1. The molecule has 1 heterocycles. The van der Waals surface area contributed by atoms with E-state index in [1.54, 1.807) is 0 Å². The van der Waals surface area contributed by atoms with Gasteiger partial charge >= 0.3 is 5.97 Å². The molecule has 1 aliphatic heterocycles. The lowest BCUT2D eigenvalue weighted by atomic mass is 9.98. The van der Waals surface area contributed by atoms with Gasteiger partial charge in [-0.1, -0.05) is 12.1 Å². The molecule has 0 saturated carbocycles. The van der Waals surface area contributed by atoms with Crippen LogP contribution in [0.5, 0.6) is 0 Å². The molecule has 0 bridgehead atoms. The summed E-state index contributed by atoms with van der Waals surface area (Å²) in [6.45, 7) is 0.0895. The van der Waals surface area contributed by atoms with Crippen molar-refractivity contribution in [3.8, 4) is 0 Å². The number of hydrogen-bond donors (Lipinski definition) is 2. The summed E-state index contributed by atoms with van der Waals surface area (Å²) < 4.78 is 30.2. The molecule has 1 aromatic rings. The third-order valence-electron chi connectivity index (χ3n) is 3.18. The number of hydrogen-bond acceptors (Lipinski definition) is 3. The van der Waals surface area contributed by atoms with Crippen LogP contribution in [0, 0.1) is 0 Å². The third-order valence-corrected chi connectivity index (χ3v) is 3.18. The number of alkyl halides is 2. The molecule has 0 spiro atoms. The van der Waals surface area contributed by atoms with Gasteiger partial charge in [-0.3, -0.25) is 4.79 Å². The maximum absolute atomic E-state index is 12.6. The highest BCUT2D eigenvalue weighted by Crippen LogP contribution is 2.22. The predicted octanol–water partition coefficient (Wildman–Crippen LogP) is 1.60. The summed E-state index contributed by atoms with van der Waals surface area (Å²) in [5.41, 5.74) is -1.78. The average Bonchev–Trinajstić information content (AvgIpc) is 2.88. The standard InChI is InChI=1S/C13H13F2NO4/c14-10(15)8-2-1-3-9(6-8)11(17)16-13(12(18)19)4-5-20-7-13/h1-3,6,10H,4-5,7H2,(H,16,17)(H,18,19). The highest BCUT2D eigenvalue weighted by atomic mass is 19.3. The topological polar surface area (TPSA) is 75.6 Å². The second-order valence-corrected chi connectivity index (χ2v) is 4.57. The van der Waals surface area contributed by atoms with E-state index < -0.39 is 23.8 Å². The van der Waals surface area contributed by atoms with Crippen LogP contribution in [-0.4, -0.2) is 35.7 Å². The fourth-order valence-corrected chi connectivity index (χ4v) is 1.99. The van der Waals surface area contributed by atoms with Gasteiger partial charge in [-0.05, 0) is 12.1 Å². The molecule has 1 aliphatic rings. The largest absolute Gasteiger partial charge is 0.479 e. The van der Waals surface area contributed by atoms with E-state index in [9.17, 15) is 23.5 Å². The first-order valence-corrected chi connectivity index (χ1v) is 5.96. The van der Waals surface area contributed by atoms with E-state index in [0.717, 1.165) is 6.07 Å². The summed E-state index contributed by atoms with van der Waals surface area (Å²) in [7, 11) is 0. The van der Waals surface area contributed by atoms with Crippen molar-refractivity contribution in [3.05, 3.63) is 35.4 Å². The SMILES string of the molecule is O=C(NC1(C(=O)O)CCOC1)c1cccc(C(F)F)c1. The molecule has 1 aromatic carbocycles. The monoisotopic (exact) mass is 285 g/mol. The number of carbonyl (C=O) groups excluding carboxylic acids is 1. The van der Waals surface area contributed by atoms with Crippen LogP contribution in [-0.2, 0) is 9.53 Å². The smallest absolute Gasteiger partial charge is 0.331 e.